The Morgan fingerprint density at radius 1 is 1.07 bits per heavy atom. The Morgan fingerprint density at radius 3 is 2.47 bits per heavy atom. The van der Waals surface area contributed by atoms with E-state index in [2.05, 4.69) is 10.5 Å². The molecule has 0 radical (unpaired) electrons. The van der Waals surface area contributed by atoms with E-state index in [0.29, 0.717) is 28.4 Å². The lowest BCUT2D eigenvalue weighted by atomic mass is 10.1. The van der Waals surface area contributed by atoms with Gasteiger partial charge in [0.05, 0.1) is 20.6 Å². The van der Waals surface area contributed by atoms with E-state index in [1.807, 2.05) is 6.07 Å². The minimum Gasteiger partial charge on any atom is -0.497 e. The van der Waals surface area contributed by atoms with Gasteiger partial charge in [0.25, 0.3) is 5.91 Å². The van der Waals surface area contributed by atoms with Crippen LogP contribution in [-0.2, 0) is 20.7 Å². The van der Waals surface area contributed by atoms with Gasteiger partial charge in [0.1, 0.15) is 17.3 Å². The van der Waals surface area contributed by atoms with Crippen molar-refractivity contribution >= 4 is 17.7 Å². The molecular weight excluding hydrogens is 388 g/mol. The number of ether oxygens (including phenoxy) is 3. The Kier molecular flexibility index (Phi) is 6.69. The fourth-order valence-corrected chi connectivity index (χ4v) is 2.84. The molecule has 30 heavy (non-hydrogen) atoms. The van der Waals surface area contributed by atoms with E-state index in [-0.39, 0.29) is 12.2 Å². The van der Waals surface area contributed by atoms with E-state index in [1.165, 1.54) is 7.11 Å². The third-order valence-electron chi connectivity index (χ3n) is 4.30. The number of carbonyl (C=O) groups excluding carboxylic acids is 2. The monoisotopic (exact) mass is 410 g/mol. The predicted octanol–water partition coefficient (Wildman–Crippen LogP) is 3.47. The van der Waals surface area contributed by atoms with Crippen LogP contribution in [0.15, 0.2) is 59.1 Å². The first-order chi connectivity index (χ1) is 14.5. The number of carbonyl (C=O) groups is 2. The van der Waals surface area contributed by atoms with E-state index in [9.17, 15) is 9.59 Å². The molecule has 0 aliphatic heterocycles. The summed E-state index contributed by atoms with van der Waals surface area (Å²) in [5.41, 5.74) is 1.15. The van der Waals surface area contributed by atoms with Crippen LogP contribution in [0.25, 0.3) is 0 Å². The molecule has 0 aliphatic carbocycles. The summed E-state index contributed by atoms with van der Waals surface area (Å²) in [5.74, 6) is 0.762. The SMILES string of the molecule is COc1ccc(CC(=O)OC(C(=O)Nc2cc(C)on2)c2ccccc2)c(OC)c1. The lowest BCUT2D eigenvalue weighted by Gasteiger charge is -2.18. The fraction of sp³-hybridized carbons (Fsp3) is 0.227. The second-order valence-corrected chi connectivity index (χ2v) is 6.45. The zero-order chi connectivity index (χ0) is 21.5. The van der Waals surface area contributed by atoms with Crippen molar-refractivity contribution in [3.63, 3.8) is 0 Å². The van der Waals surface area contributed by atoms with Gasteiger partial charge in [-0.3, -0.25) is 9.59 Å². The van der Waals surface area contributed by atoms with Crippen LogP contribution < -0.4 is 14.8 Å². The third kappa shape index (κ3) is 5.16. The smallest absolute Gasteiger partial charge is 0.311 e. The van der Waals surface area contributed by atoms with Gasteiger partial charge in [-0.05, 0) is 13.0 Å². The summed E-state index contributed by atoms with van der Waals surface area (Å²) in [6.45, 7) is 1.71. The Balaban J connectivity index is 1.77. The Morgan fingerprint density at radius 2 is 1.83 bits per heavy atom. The lowest BCUT2D eigenvalue weighted by molar-refractivity contribution is -0.154. The molecule has 8 heteroatoms. The predicted molar refractivity (Wildman–Crippen MR) is 108 cm³/mol. The lowest BCUT2D eigenvalue weighted by Crippen LogP contribution is -2.26. The van der Waals surface area contributed by atoms with Gasteiger partial charge in [0.15, 0.2) is 5.82 Å². The van der Waals surface area contributed by atoms with Crippen molar-refractivity contribution in [3.05, 3.63) is 71.5 Å². The number of benzene rings is 2. The molecule has 1 amide bonds. The summed E-state index contributed by atoms with van der Waals surface area (Å²) in [5, 5.41) is 6.35. The average Bonchev–Trinajstić information content (AvgIpc) is 3.17. The first kappa shape index (κ1) is 20.9. The second-order valence-electron chi connectivity index (χ2n) is 6.45. The minimum absolute atomic E-state index is 0.0765. The fourth-order valence-electron chi connectivity index (χ4n) is 2.84. The molecule has 3 rings (SSSR count). The number of nitrogens with zero attached hydrogens (tertiary/aromatic N) is 1. The highest BCUT2D eigenvalue weighted by Crippen LogP contribution is 2.26. The molecule has 1 unspecified atom stereocenters. The van der Waals surface area contributed by atoms with Crippen molar-refractivity contribution in [2.75, 3.05) is 19.5 Å². The van der Waals surface area contributed by atoms with Gasteiger partial charge >= 0.3 is 5.97 Å². The molecule has 0 saturated carbocycles. The van der Waals surface area contributed by atoms with Gasteiger partial charge in [0.2, 0.25) is 6.10 Å². The molecule has 0 spiro atoms. The Labute approximate surface area is 173 Å². The van der Waals surface area contributed by atoms with Gasteiger partial charge < -0.3 is 24.1 Å². The standard InChI is InChI=1S/C22H22N2O6/c1-14-11-19(24-30-14)23-22(26)21(15-7-5-4-6-8-15)29-20(25)12-16-9-10-17(27-2)13-18(16)28-3/h4-11,13,21H,12H2,1-3H3,(H,23,24,26). The second kappa shape index (κ2) is 9.60. The van der Waals surface area contributed by atoms with Crippen LogP contribution in [0.2, 0.25) is 0 Å². The van der Waals surface area contributed by atoms with Crippen LogP contribution in [0.1, 0.15) is 23.0 Å². The summed E-state index contributed by atoms with van der Waals surface area (Å²) in [4.78, 5) is 25.5. The van der Waals surface area contributed by atoms with Crippen LogP contribution in [0.4, 0.5) is 5.82 Å². The maximum absolute atomic E-state index is 12.8. The van der Waals surface area contributed by atoms with Gasteiger partial charge in [-0.1, -0.05) is 41.6 Å². The summed E-state index contributed by atoms with van der Waals surface area (Å²) >= 11 is 0. The molecule has 1 heterocycles. The number of amides is 1. The molecule has 0 aliphatic rings. The number of anilines is 1. The maximum Gasteiger partial charge on any atom is 0.311 e. The van der Waals surface area contributed by atoms with Gasteiger partial charge in [0, 0.05) is 23.3 Å². The zero-order valence-electron chi connectivity index (χ0n) is 16.9. The molecule has 156 valence electrons. The minimum atomic E-state index is -1.15. The van der Waals surface area contributed by atoms with E-state index in [4.69, 9.17) is 18.7 Å². The maximum atomic E-state index is 12.8. The largest absolute Gasteiger partial charge is 0.497 e. The number of aromatic nitrogens is 1. The highest BCUT2D eigenvalue weighted by molar-refractivity contribution is 5.95. The number of hydrogen-bond acceptors (Lipinski definition) is 7. The molecule has 1 aromatic heterocycles. The van der Waals surface area contributed by atoms with E-state index >= 15 is 0 Å². The molecule has 0 bridgehead atoms. The summed E-state index contributed by atoms with van der Waals surface area (Å²) in [7, 11) is 3.05. The van der Waals surface area contributed by atoms with Crippen LogP contribution in [-0.4, -0.2) is 31.3 Å². The number of rotatable bonds is 8. The molecule has 3 aromatic rings. The first-order valence-corrected chi connectivity index (χ1v) is 9.19. The molecule has 1 atom stereocenters. The average molecular weight is 410 g/mol. The van der Waals surface area contributed by atoms with Crippen LogP contribution >= 0.6 is 0 Å². The molecule has 0 saturated heterocycles. The third-order valence-corrected chi connectivity index (χ3v) is 4.30. The molecule has 2 aromatic carbocycles. The van der Waals surface area contributed by atoms with Crippen molar-refractivity contribution in [1.29, 1.82) is 0 Å². The van der Waals surface area contributed by atoms with Crippen molar-refractivity contribution < 1.29 is 28.3 Å². The summed E-state index contributed by atoms with van der Waals surface area (Å²) < 4.78 is 21.0. The number of methoxy groups -OCH3 is 2. The summed E-state index contributed by atoms with van der Waals surface area (Å²) in [6, 6.07) is 15.4. The molecule has 8 nitrogen and oxygen atoms in total. The van der Waals surface area contributed by atoms with Crippen molar-refractivity contribution in [2.24, 2.45) is 0 Å². The topological polar surface area (TPSA) is 99.9 Å². The Bertz CT molecular complexity index is 1020. The normalized spacial score (nSPS) is 11.4. The Hall–Kier alpha value is -3.81. The van der Waals surface area contributed by atoms with Crippen molar-refractivity contribution in [1.82, 2.24) is 5.16 Å². The van der Waals surface area contributed by atoms with Crippen molar-refractivity contribution in [2.45, 2.75) is 19.4 Å². The number of hydrogen-bond donors (Lipinski definition) is 1. The van der Waals surface area contributed by atoms with E-state index in [0.717, 1.165) is 0 Å². The number of nitrogens with one attached hydrogen (secondary N) is 1. The molecule has 1 N–H and O–H groups in total. The van der Waals surface area contributed by atoms with Gasteiger partial charge in [-0.2, -0.15) is 0 Å². The quantitative estimate of drug-likeness (QED) is 0.568. The number of aryl methyl sites for hydroxylation is 1. The van der Waals surface area contributed by atoms with Crippen LogP contribution in [0.3, 0.4) is 0 Å². The van der Waals surface area contributed by atoms with Gasteiger partial charge in [-0.25, -0.2) is 0 Å². The van der Waals surface area contributed by atoms with Crippen LogP contribution in [0.5, 0.6) is 11.5 Å². The van der Waals surface area contributed by atoms with Crippen LogP contribution in [0, 0.1) is 6.92 Å². The van der Waals surface area contributed by atoms with E-state index < -0.39 is 18.0 Å². The zero-order valence-corrected chi connectivity index (χ0v) is 16.9. The first-order valence-electron chi connectivity index (χ1n) is 9.19. The highest BCUT2D eigenvalue weighted by atomic mass is 16.5. The number of esters is 1. The van der Waals surface area contributed by atoms with Gasteiger partial charge in [-0.15, -0.1) is 0 Å². The molecular formula is C22H22N2O6. The highest BCUT2D eigenvalue weighted by Gasteiger charge is 2.26. The van der Waals surface area contributed by atoms with E-state index in [1.54, 1.807) is 62.6 Å². The summed E-state index contributed by atoms with van der Waals surface area (Å²) in [6.07, 6.45) is -1.23. The van der Waals surface area contributed by atoms with Crippen molar-refractivity contribution in [3.8, 4) is 11.5 Å². The molecule has 0 fully saturated rings.